The summed E-state index contributed by atoms with van der Waals surface area (Å²) in [4.78, 5) is 10.6. The Balaban J connectivity index is 1.05. The van der Waals surface area contributed by atoms with Crippen LogP contribution in [0.25, 0.3) is 89.2 Å². The van der Waals surface area contributed by atoms with Gasteiger partial charge in [0.15, 0.2) is 5.82 Å². The molecule has 290 valence electrons. The van der Waals surface area contributed by atoms with Gasteiger partial charge < -0.3 is 4.42 Å². The molecule has 3 heteroatoms. The summed E-state index contributed by atoms with van der Waals surface area (Å²) < 4.78 is 6.42. The average Bonchev–Trinajstić information content (AvgIpc) is 3.89. The van der Waals surface area contributed by atoms with Crippen LogP contribution in [0, 0.1) is 0 Å². The van der Waals surface area contributed by atoms with Crippen LogP contribution in [0.5, 0.6) is 0 Å². The first kappa shape index (κ1) is 35.8. The third kappa shape index (κ3) is 5.59. The van der Waals surface area contributed by atoms with Crippen LogP contribution < -0.4 is 0 Å². The summed E-state index contributed by atoms with van der Waals surface area (Å²) >= 11 is 0. The summed E-state index contributed by atoms with van der Waals surface area (Å²) in [5.41, 5.74) is 17.9. The van der Waals surface area contributed by atoms with Crippen LogP contribution in [0.15, 0.2) is 235 Å². The molecule has 2 aromatic heterocycles. The van der Waals surface area contributed by atoms with E-state index in [2.05, 4.69) is 200 Å². The third-order valence-electron chi connectivity index (χ3n) is 12.6. The van der Waals surface area contributed by atoms with Crippen molar-refractivity contribution in [1.29, 1.82) is 0 Å². The molecular formula is C59H38N2O. The van der Waals surface area contributed by atoms with Gasteiger partial charge in [-0.25, -0.2) is 9.97 Å². The third-order valence-corrected chi connectivity index (χ3v) is 12.6. The molecule has 62 heavy (non-hydrogen) atoms. The van der Waals surface area contributed by atoms with E-state index in [0.717, 1.165) is 66.7 Å². The van der Waals surface area contributed by atoms with Gasteiger partial charge in [-0.1, -0.05) is 218 Å². The van der Waals surface area contributed by atoms with Crippen LogP contribution in [-0.4, -0.2) is 9.97 Å². The fourth-order valence-electron chi connectivity index (χ4n) is 9.91. The minimum atomic E-state index is -0.557. The molecule has 0 saturated heterocycles. The van der Waals surface area contributed by atoms with Crippen molar-refractivity contribution >= 4 is 21.9 Å². The molecule has 3 nitrogen and oxygen atoms in total. The SMILES string of the molecule is c1ccc(-c2nc(-c3ccc(-c4cccc5c4oc4ccccc45)cc3)cc(-c3ccccc3-c3cccc4c3C(c3ccccc3)(c3ccccc3)c3ccccc3-4)n2)cc1. The maximum Gasteiger partial charge on any atom is 0.160 e. The maximum atomic E-state index is 6.42. The first-order valence-electron chi connectivity index (χ1n) is 21.2. The molecule has 0 radical (unpaired) electrons. The van der Waals surface area contributed by atoms with E-state index < -0.39 is 5.41 Å². The average molecular weight is 791 g/mol. The van der Waals surface area contributed by atoms with E-state index >= 15 is 0 Å². The van der Waals surface area contributed by atoms with Gasteiger partial charge in [0.2, 0.25) is 0 Å². The summed E-state index contributed by atoms with van der Waals surface area (Å²) in [6.07, 6.45) is 0. The van der Waals surface area contributed by atoms with E-state index in [1.165, 1.54) is 38.9 Å². The molecule has 0 amide bonds. The van der Waals surface area contributed by atoms with Gasteiger partial charge in [-0.05, 0) is 62.2 Å². The molecule has 0 bridgehead atoms. The fraction of sp³-hybridized carbons (Fsp3) is 0.0169. The van der Waals surface area contributed by atoms with Crippen molar-refractivity contribution in [3.05, 3.63) is 253 Å². The quantitative estimate of drug-likeness (QED) is 0.161. The Morgan fingerprint density at radius 1 is 0.339 bits per heavy atom. The summed E-state index contributed by atoms with van der Waals surface area (Å²) in [6, 6.07) is 82.2. The van der Waals surface area contributed by atoms with Crippen molar-refractivity contribution in [2.45, 2.75) is 5.41 Å². The molecule has 0 aliphatic heterocycles. The molecule has 2 heterocycles. The lowest BCUT2D eigenvalue weighted by Gasteiger charge is -2.35. The highest BCUT2D eigenvalue weighted by atomic mass is 16.3. The number of benzene rings is 9. The monoisotopic (exact) mass is 790 g/mol. The van der Waals surface area contributed by atoms with E-state index in [9.17, 15) is 0 Å². The predicted molar refractivity (Wildman–Crippen MR) is 254 cm³/mol. The number of hydrogen-bond acceptors (Lipinski definition) is 3. The van der Waals surface area contributed by atoms with Crippen molar-refractivity contribution in [2.75, 3.05) is 0 Å². The van der Waals surface area contributed by atoms with Gasteiger partial charge >= 0.3 is 0 Å². The Labute approximate surface area is 360 Å². The molecule has 0 saturated carbocycles. The van der Waals surface area contributed by atoms with Crippen LogP contribution in [-0.2, 0) is 5.41 Å². The van der Waals surface area contributed by atoms with Crippen LogP contribution in [0.1, 0.15) is 22.3 Å². The van der Waals surface area contributed by atoms with E-state index in [4.69, 9.17) is 14.4 Å². The van der Waals surface area contributed by atoms with Gasteiger partial charge in [0.1, 0.15) is 11.2 Å². The number of fused-ring (bicyclic) bond motifs is 6. The molecule has 1 aliphatic carbocycles. The van der Waals surface area contributed by atoms with Crippen molar-refractivity contribution in [3.8, 4) is 67.3 Å². The lowest BCUT2D eigenvalue weighted by molar-refractivity contribution is 0.670. The minimum Gasteiger partial charge on any atom is -0.455 e. The first-order chi connectivity index (χ1) is 30.8. The Morgan fingerprint density at radius 3 is 1.60 bits per heavy atom. The molecule has 0 fully saturated rings. The molecular weight excluding hydrogens is 753 g/mol. The van der Waals surface area contributed by atoms with Gasteiger partial charge in [-0.2, -0.15) is 0 Å². The number of rotatable bonds is 7. The van der Waals surface area contributed by atoms with Crippen molar-refractivity contribution in [2.24, 2.45) is 0 Å². The smallest absolute Gasteiger partial charge is 0.160 e. The number of para-hydroxylation sites is 2. The lowest BCUT2D eigenvalue weighted by atomic mass is 9.66. The predicted octanol–water partition coefficient (Wildman–Crippen LogP) is 15.1. The fourth-order valence-corrected chi connectivity index (χ4v) is 9.91. The second-order valence-electron chi connectivity index (χ2n) is 16.0. The topological polar surface area (TPSA) is 38.9 Å². The minimum absolute atomic E-state index is 0.557. The van der Waals surface area contributed by atoms with Gasteiger partial charge in [-0.3, -0.25) is 0 Å². The number of furan rings is 1. The normalized spacial score (nSPS) is 12.6. The molecule has 1 aliphatic rings. The number of nitrogens with zero attached hydrogens (tertiary/aromatic N) is 2. The Morgan fingerprint density at radius 2 is 0.855 bits per heavy atom. The van der Waals surface area contributed by atoms with Crippen LogP contribution in [0.2, 0.25) is 0 Å². The van der Waals surface area contributed by atoms with E-state index in [-0.39, 0.29) is 0 Å². The number of hydrogen-bond donors (Lipinski definition) is 0. The highest BCUT2D eigenvalue weighted by Gasteiger charge is 2.47. The lowest BCUT2D eigenvalue weighted by Crippen LogP contribution is -2.29. The summed E-state index contributed by atoms with van der Waals surface area (Å²) in [5.74, 6) is 0.678. The van der Waals surface area contributed by atoms with E-state index in [0.29, 0.717) is 5.82 Å². The Hall–Kier alpha value is -8.14. The molecule has 0 unspecified atom stereocenters. The zero-order valence-electron chi connectivity index (χ0n) is 33.7. The second-order valence-corrected chi connectivity index (χ2v) is 16.0. The molecule has 0 N–H and O–H groups in total. The zero-order chi connectivity index (χ0) is 41.0. The summed E-state index contributed by atoms with van der Waals surface area (Å²) in [6.45, 7) is 0. The number of aromatic nitrogens is 2. The highest BCUT2D eigenvalue weighted by molar-refractivity contribution is 6.09. The summed E-state index contributed by atoms with van der Waals surface area (Å²) in [5, 5.41) is 2.24. The molecule has 0 atom stereocenters. The second kappa shape index (κ2) is 14.5. The zero-order valence-corrected chi connectivity index (χ0v) is 33.7. The van der Waals surface area contributed by atoms with Gasteiger partial charge in [-0.15, -0.1) is 0 Å². The van der Waals surface area contributed by atoms with Gasteiger partial charge in [0.25, 0.3) is 0 Å². The van der Waals surface area contributed by atoms with Gasteiger partial charge in [0, 0.05) is 33.0 Å². The summed E-state index contributed by atoms with van der Waals surface area (Å²) in [7, 11) is 0. The van der Waals surface area contributed by atoms with Crippen LogP contribution in [0.3, 0.4) is 0 Å². The van der Waals surface area contributed by atoms with Crippen molar-refractivity contribution in [1.82, 2.24) is 9.97 Å². The van der Waals surface area contributed by atoms with Gasteiger partial charge in [0.05, 0.1) is 16.8 Å². The van der Waals surface area contributed by atoms with E-state index in [1.807, 2.05) is 30.3 Å². The Kier molecular flexibility index (Phi) is 8.39. The van der Waals surface area contributed by atoms with E-state index in [1.54, 1.807) is 0 Å². The molecule has 12 rings (SSSR count). The first-order valence-corrected chi connectivity index (χ1v) is 21.2. The molecule has 0 spiro atoms. The maximum absolute atomic E-state index is 6.42. The largest absolute Gasteiger partial charge is 0.455 e. The van der Waals surface area contributed by atoms with Crippen LogP contribution in [0.4, 0.5) is 0 Å². The Bertz CT molecular complexity index is 3400. The molecule has 11 aromatic rings. The van der Waals surface area contributed by atoms with Crippen molar-refractivity contribution < 1.29 is 4.42 Å². The van der Waals surface area contributed by atoms with Crippen molar-refractivity contribution in [3.63, 3.8) is 0 Å². The van der Waals surface area contributed by atoms with Crippen LogP contribution >= 0.6 is 0 Å². The highest BCUT2D eigenvalue weighted by Crippen LogP contribution is 2.59. The molecule has 9 aromatic carbocycles. The standard InChI is InChI=1S/C59H38N2O/c1-4-18-41(19-5-1)58-60-53(40-36-34-39(35-37-40)44-28-16-31-51-48-27-13-15-33-55(48)62-57(44)51)38-54(61-58)47-26-11-10-24-45(47)49-29-17-30-50-46-25-12-14-32-52(46)59(56(49)50,42-20-6-2-7-21-42)43-22-8-3-9-23-43/h1-38H.